The minimum absolute atomic E-state index is 0.306. The van der Waals surface area contributed by atoms with Crippen molar-refractivity contribution in [3.8, 4) is 0 Å². The van der Waals surface area contributed by atoms with Crippen molar-refractivity contribution in [1.82, 2.24) is 0 Å². The van der Waals surface area contributed by atoms with Gasteiger partial charge >= 0.3 is 0 Å². The van der Waals surface area contributed by atoms with E-state index in [1.54, 1.807) is 10.6 Å². The van der Waals surface area contributed by atoms with E-state index in [1.807, 2.05) is 5.57 Å². The smallest absolute Gasteiger partial charge is 0.00836 e. The highest BCUT2D eigenvalue weighted by molar-refractivity contribution is 7.73. The summed E-state index contributed by atoms with van der Waals surface area (Å²) < 4.78 is 0. The predicted molar refractivity (Wildman–Crippen MR) is 112 cm³/mol. The van der Waals surface area contributed by atoms with Crippen molar-refractivity contribution in [2.75, 3.05) is 0 Å². The second-order valence-corrected chi connectivity index (χ2v) is 10.2. The quantitative estimate of drug-likeness (QED) is 0.470. The van der Waals surface area contributed by atoms with Gasteiger partial charge in [-0.1, -0.05) is 77.7 Å². The Hall–Kier alpha value is -1.39. The van der Waals surface area contributed by atoms with E-state index >= 15 is 0 Å². The minimum atomic E-state index is -0.306. The fourth-order valence-electron chi connectivity index (χ4n) is 4.61. The first-order chi connectivity index (χ1) is 12.2. The van der Waals surface area contributed by atoms with Crippen LogP contribution in [0.1, 0.15) is 49.7 Å². The lowest BCUT2D eigenvalue weighted by atomic mass is 9.77. The zero-order valence-corrected chi connectivity index (χ0v) is 16.4. The molecule has 0 bridgehead atoms. The fourth-order valence-corrected chi connectivity index (χ4v) is 7.62. The monoisotopic (exact) mass is 348 g/mol. The van der Waals surface area contributed by atoms with Gasteiger partial charge in [0.25, 0.3) is 0 Å². The molecule has 2 aromatic carbocycles. The molecule has 1 saturated carbocycles. The van der Waals surface area contributed by atoms with E-state index in [0.717, 1.165) is 11.6 Å². The van der Waals surface area contributed by atoms with Gasteiger partial charge < -0.3 is 0 Å². The molecule has 0 nitrogen and oxygen atoms in total. The third-order valence-electron chi connectivity index (χ3n) is 5.96. The van der Waals surface area contributed by atoms with Crippen LogP contribution in [0.2, 0.25) is 0 Å². The molecule has 0 N–H and O–H groups in total. The zero-order valence-electron chi connectivity index (χ0n) is 15.5. The molecule has 2 aliphatic carbocycles. The van der Waals surface area contributed by atoms with Gasteiger partial charge in [0.2, 0.25) is 0 Å². The van der Waals surface area contributed by atoms with Crippen LogP contribution in [0.25, 0.3) is 0 Å². The molecule has 0 radical (unpaired) electrons. The van der Waals surface area contributed by atoms with Crippen molar-refractivity contribution < 1.29 is 0 Å². The van der Waals surface area contributed by atoms with E-state index in [-0.39, 0.29) is 7.92 Å². The standard InChI is InChI=1S/C24H29P/c1-18-10-14-21(15-11-18)25(22-16-12-19(2)13-17-22)24-9-5-7-20-6-3-4-8-23(20)24/h8,10-17,20,24H,3-7,9H2,1-2H3. The van der Waals surface area contributed by atoms with Crippen molar-refractivity contribution in [1.29, 1.82) is 0 Å². The summed E-state index contributed by atoms with van der Waals surface area (Å²) in [6.45, 7) is 4.39. The Morgan fingerprint density at radius 1 is 0.720 bits per heavy atom. The van der Waals surface area contributed by atoms with Crippen molar-refractivity contribution in [2.45, 2.75) is 58.0 Å². The van der Waals surface area contributed by atoms with E-state index in [0.29, 0.717) is 0 Å². The summed E-state index contributed by atoms with van der Waals surface area (Å²) in [6.07, 6.45) is 10.9. The van der Waals surface area contributed by atoms with Gasteiger partial charge in [-0.15, -0.1) is 0 Å². The van der Waals surface area contributed by atoms with Crippen LogP contribution < -0.4 is 10.6 Å². The molecule has 4 rings (SSSR count). The first kappa shape index (κ1) is 17.0. The van der Waals surface area contributed by atoms with Gasteiger partial charge in [-0.05, 0) is 70.4 Å². The number of hydrogen-bond donors (Lipinski definition) is 0. The summed E-state index contributed by atoms with van der Waals surface area (Å²) in [5.74, 6) is 0.869. The summed E-state index contributed by atoms with van der Waals surface area (Å²) in [4.78, 5) is 0. The first-order valence-corrected chi connectivity index (χ1v) is 11.3. The van der Waals surface area contributed by atoms with Gasteiger partial charge in [-0.2, -0.15) is 0 Å². The Labute approximate surface area is 154 Å². The Morgan fingerprint density at radius 2 is 1.28 bits per heavy atom. The summed E-state index contributed by atoms with van der Waals surface area (Å²) in [5, 5.41) is 3.11. The van der Waals surface area contributed by atoms with Gasteiger partial charge in [-0.25, -0.2) is 0 Å². The molecule has 0 spiro atoms. The van der Waals surface area contributed by atoms with E-state index < -0.39 is 0 Å². The van der Waals surface area contributed by atoms with Crippen LogP contribution in [0.5, 0.6) is 0 Å². The van der Waals surface area contributed by atoms with Crippen molar-refractivity contribution in [3.05, 3.63) is 71.3 Å². The molecule has 2 atom stereocenters. The van der Waals surface area contributed by atoms with Crippen LogP contribution in [-0.4, -0.2) is 5.66 Å². The highest BCUT2D eigenvalue weighted by Crippen LogP contribution is 2.52. The second kappa shape index (κ2) is 7.46. The highest BCUT2D eigenvalue weighted by atomic mass is 31.1. The van der Waals surface area contributed by atoms with Crippen LogP contribution in [0.3, 0.4) is 0 Å². The number of rotatable bonds is 3. The lowest BCUT2D eigenvalue weighted by molar-refractivity contribution is 0.406. The molecule has 0 aromatic heterocycles. The fraction of sp³-hybridized carbons (Fsp3) is 0.417. The third kappa shape index (κ3) is 3.61. The Morgan fingerprint density at radius 3 is 1.88 bits per heavy atom. The maximum absolute atomic E-state index is 2.62. The van der Waals surface area contributed by atoms with Crippen LogP contribution in [0, 0.1) is 19.8 Å². The van der Waals surface area contributed by atoms with Crippen molar-refractivity contribution in [3.63, 3.8) is 0 Å². The molecule has 1 heteroatoms. The SMILES string of the molecule is Cc1ccc(P(c2ccc(C)cc2)C2CCCC3CCCC=C32)cc1. The maximum Gasteiger partial charge on any atom is 0.00836 e. The first-order valence-electron chi connectivity index (χ1n) is 9.85. The molecule has 0 saturated heterocycles. The normalized spacial score (nSPS) is 23.2. The molecule has 2 aromatic rings. The summed E-state index contributed by atoms with van der Waals surface area (Å²) in [6, 6.07) is 18.8. The number of allylic oxidation sites excluding steroid dienone is 2. The van der Waals surface area contributed by atoms with Crippen molar-refractivity contribution in [2.24, 2.45) is 5.92 Å². The van der Waals surface area contributed by atoms with Crippen LogP contribution in [0.4, 0.5) is 0 Å². The summed E-state index contributed by atoms with van der Waals surface area (Å²) in [7, 11) is -0.306. The third-order valence-corrected chi connectivity index (χ3v) is 8.85. The molecule has 25 heavy (non-hydrogen) atoms. The van der Waals surface area contributed by atoms with Crippen LogP contribution in [0.15, 0.2) is 60.2 Å². The Balaban J connectivity index is 1.77. The molecular weight excluding hydrogens is 319 g/mol. The summed E-state index contributed by atoms with van der Waals surface area (Å²) in [5.41, 5.74) is 5.28. The largest absolute Gasteiger partial charge is 0.0844 e. The second-order valence-electron chi connectivity index (χ2n) is 7.82. The number of benzene rings is 2. The molecule has 0 heterocycles. The van der Waals surface area contributed by atoms with Gasteiger partial charge in [0.15, 0.2) is 0 Å². The topological polar surface area (TPSA) is 0 Å². The van der Waals surface area contributed by atoms with Gasteiger partial charge in [0.1, 0.15) is 0 Å². The van der Waals surface area contributed by atoms with E-state index in [9.17, 15) is 0 Å². The van der Waals surface area contributed by atoms with Gasteiger partial charge in [-0.3, -0.25) is 0 Å². The zero-order chi connectivity index (χ0) is 17.2. The van der Waals surface area contributed by atoms with E-state index in [2.05, 4.69) is 68.5 Å². The molecule has 0 aliphatic heterocycles. The van der Waals surface area contributed by atoms with Gasteiger partial charge in [0.05, 0.1) is 0 Å². The average molecular weight is 348 g/mol. The Bertz CT molecular complexity index is 693. The minimum Gasteiger partial charge on any atom is -0.0844 e. The van der Waals surface area contributed by atoms with Crippen LogP contribution >= 0.6 is 7.92 Å². The molecule has 130 valence electrons. The molecule has 1 fully saturated rings. The summed E-state index contributed by atoms with van der Waals surface area (Å²) >= 11 is 0. The highest BCUT2D eigenvalue weighted by Gasteiger charge is 2.35. The lowest BCUT2D eigenvalue weighted by Gasteiger charge is -2.40. The molecule has 2 aliphatic rings. The van der Waals surface area contributed by atoms with Crippen LogP contribution in [-0.2, 0) is 0 Å². The number of fused-ring (bicyclic) bond motifs is 1. The van der Waals surface area contributed by atoms with Gasteiger partial charge in [0, 0.05) is 5.66 Å². The molecule has 2 unspecified atom stereocenters. The molecular formula is C24H29P. The lowest BCUT2D eigenvalue weighted by Crippen LogP contribution is -2.30. The molecule has 0 amide bonds. The Kier molecular flexibility index (Phi) is 5.09. The maximum atomic E-state index is 2.62. The number of hydrogen-bond acceptors (Lipinski definition) is 0. The van der Waals surface area contributed by atoms with Crippen molar-refractivity contribution >= 4 is 18.5 Å². The average Bonchev–Trinajstić information content (AvgIpc) is 2.65. The van der Waals surface area contributed by atoms with E-state index in [4.69, 9.17) is 0 Å². The predicted octanol–water partition coefficient (Wildman–Crippen LogP) is 6.02. The van der Waals surface area contributed by atoms with E-state index in [1.165, 1.54) is 49.7 Å². The number of aryl methyl sites for hydroxylation is 2.